The molecule has 1 saturated heterocycles. The van der Waals surface area contributed by atoms with E-state index in [0.717, 1.165) is 56.2 Å². The summed E-state index contributed by atoms with van der Waals surface area (Å²) in [4.78, 5) is 18.3. The highest BCUT2D eigenvalue weighted by atomic mass is 16.5. The quantitative estimate of drug-likeness (QED) is 0.479. The van der Waals surface area contributed by atoms with E-state index in [1.807, 2.05) is 7.05 Å². The number of guanidine groups is 1. The first kappa shape index (κ1) is 15.6. The second-order valence-corrected chi connectivity index (χ2v) is 7.05. The van der Waals surface area contributed by atoms with E-state index in [1.165, 1.54) is 32.8 Å². The number of ether oxygens (including phenoxy) is 1. The SMILES string of the molecule is CN=C(NCC(C1CC1)C1CC1)N1CCC(C(=O)OC)CC1. The van der Waals surface area contributed by atoms with Gasteiger partial charge in [-0.15, -0.1) is 0 Å². The number of carbonyl (C=O) groups excluding carboxylic acids is 1. The standard InChI is InChI=1S/C17H29N3O2/c1-18-17(19-11-15(12-3-4-12)13-5-6-13)20-9-7-14(8-10-20)16(21)22-2/h12-15H,3-11H2,1-2H3,(H,18,19). The Balaban J connectivity index is 1.46. The van der Waals surface area contributed by atoms with Crippen molar-refractivity contribution in [3.63, 3.8) is 0 Å². The van der Waals surface area contributed by atoms with Crippen LogP contribution >= 0.6 is 0 Å². The van der Waals surface area contributed by atoms with Crippen LogP contribution in [-0.2, 0) is 9.53 Å². The average molecular weight is 307 g/mol. The van der Waals surface area contributed by atoms with E-state index < -0.39 is 0 Å². The summed E-state index contributed by atoms with van der Waals surface area (Å²) in [5.41, 5.74) is 0. The van der Waals surface area contributed by atoms with Gasteiger partial charge in [0.25, 0.3) is 0 Å². The number of hydrogen-bond donors (Lipinski definition) is 1. The lowest BCUT2D eigenvalue weighted by molar-refractivity contribution is -0.146. The van der Waals surface area contributed by atoms with E-state index in [2.05, 4.69) is 15.2 Å². The van der Waals surface area contributed by atoms with Crippen molar-refractivity contribution in [3.8, 4) is 0 Å². The maximum Gasteiger partial charge on any atom is 0.308 e. The van der Waals surface area contributed by atoms with E-state index >= 15 is 0 Å². The Morgan fingerprint density at radius 3 is 2.23 bits per heavy atom. The number of methoxy groups -OCH3 is 1. The molecule has 0 radical (unpaired) electrons. The highest BCUT2D eigenvalue weighted by Gasteiger charge is 2.41. The van der Waals surface area contributed by atoms with Crippen LogP contribution in [0.5, 0.6) is 0 Å². The molecule has 1 aliphatic heterocycles. The Morgan fingerprint density at radius 1 is 1.18 bits per heavy atom. The van der Waals surface area contributed by atoms with Crippen LogP contribution in [0.15, 0.2) is 4.99 Å². The highest BCUT2D eigenvalue weighted by molar-refractivity contribution is 5.80. The second kappa shape index (κ2) is 6.88. The molecule has 3 aliphatic rings. The van der Waals surface area contributed by atoms with Crippen LogP contribution in [0.2, 0.25) is 0 Å². The first-order valence-corrected chi connectivity index (χ1v) is 8.76. The molecular formula is C17H29N3O2. The van der Waals surface area contributed by atoms with Gasteiger partial charge in [-0.3, -0.25) is 9.79 Å². The lowest BCUT2D eigenvalue weighted by atomic mass is 9.97. The van der Waals surface area contributed by atoms with E-state index in [9.17, 15) is 4.79 Å². The van der Waals surface area contributed by atoms with E-state index in [4.69, 9.17) is 4.74 Å². The summed E-state index contributed by atoms with van der Waals surface area (Å²) in [5.74, 6) is 3.78. The van der Waals surface area contributed by atoms with Crippen LogP contribution in [0.3, 0.4) is 0 Å². The summed E-state index contributed by atoms with van der Waals surface area (Å²) in [7, 11) is 3.34. The Hall–Kier alpha value is -1.26. The third-order valence-electron chi connectivity index (χ3n) is 5.49. The lowest BCUT2D eigenvalue weighted by Gasteiger charge is -2.33. The van der Waals surface area contributed by atoms with Crippen LogP contribution in [-0.4, -0.2) is 50.6 Å². The van der Waals surface area contributed by atoms with Crippen molar-refractivity contribution in [2.24, 2.45) is 28.7 Å². The average Bonchev–Trinajstić information content (AvgIpc) is 3.44. The summed E-state index contributed by atoms with van der Waals surface area (Å²) in [5, 5.41) is 3.60. The number of hydrogen-bond acceptors (Lipinski definition) is 3. The molecule has 3 fully saturated rings. The molecular weight excluding hydrogens is 278 g/mol. The lowest BCUT2D eigenvalue weighted by Crippen LogP contribution is -2.48. The zero-order valence-corrected chi connectivity index (χ0v) is 13.9. The van der Waals surface area contributed by atoms with Crippen molar-refractivity contribution in [2.75, 3.05) is 33.8 Å². The molecule has 5 nitrogen and oxygen atoms in total. The molecule has 2 aliphatic carbocycles. The van der Waals surface area contributed by atoms with Gasteiger partial charge in [-0.05, 0) is 56.3 Å². The van der Waals surface area contributed by atoms with Gasteiger partial charge in [0.15, 0.2) is 5.96 Å². The monoisotopic (exact) mass is 307 g/mol. The van der Waals surface area contributed by atoms with E-state index in [-0.39, 0.29) is 11.9 Å². The predicted octanol–water partition coefficient (Wildman–Crippen LogP) is 1.88. The van der Waals surface area contributed by atoms with Crippen LogP contribution in [0.1, 0.15) is 38.5 Å². The highest BCUT2D eigenvalue weighted by Crippen LogP contribution is 2.48. The van der Waals surface area contributed by atoms with Gasteiger partial charge in [0, 0.05) is 26.7 Å². The molecule has 1 N–H and O–H groups in total. The van der Waals surface area contributed by atoms with Gasteiger partial charge in [0.2, 0.25) is 0 Å². The number of rotatable bonds is 5. The number of esters is 1. The number of nitrogens with one attached hydrogen (secondary N) is 1. The third kappa shape index (κ3) is 3.73. The molecule has 5 heteroatoms. The van der Waals surface area contributed by atoms with Gasteiger partial charge < -0.3 is 15.0 Å². The molecule has 124 valence electrons. The van der Waals surface area contributed by atoms with Gasteiger partial charge in [-0.2, -0.15) is 0 Å². The molecule has 0 aromatic carbocycles. The Bertz CT molecular complexity index is 410. The largest absolute Gasteiger partial charge is 0.469 e. The molecule has 0 atom stereocenters. The van der Waals surface area contributed by atoms with Crippen molar-refractivity contribution in [1.82, 2.24) is 10.2 Å². The number of carbonyl (C=O) groups is 1. The van der Waals surface area contributed by atoms with Gasteiger partial charge in [-0.25, -0.2) is 0 Å². The first-order valence-electron chi connectivity index (χ1n) is 8.76. The fraction of sp³-hybridized carbons (Fsp3) is 0.882. The molecule has 0 bridgehead atoms. The smallest absolute Gasteiger partial charge is 0.308 e. The fourth-order valence-corrected chi connectivity index (χ4v) is 3.80. The number of aliphatic imine (C=N–C) groups is 1. The minimum atomic E-state index is -0.0647. The van der Waals surface area contributed by atoms with Gasteiger partial charge >= 0.3 is 5.97 Å². The van der Waals surface area contributed by atoms with E-state index in [1.54, 1.807) is 0 Å². The normalized spacial score (nSPS) is 23.8. The second-order valence-electron chi connectivity index (χ2n) is 7.05. The molecule has 0 amide bonds. The Kier molecular flexibility index (Phi) is 4.89. The molecule has 0 aromatic heterocycles. The number of nitrogens with zero attached hydrogens (tertiary/aromatic N) is 2. The first-order chi connectivity index (χ1) is 10.7. The maximum absolute atomic E-state index is 11.6. The minimum absolute atomic E-state index is 0.0602. The van der Waals surface area contributed by atoms with Crippen molar-refractivity contribution in [1.29, 1.82) is 0 Å². The van der Waals surface area contributed by atoms with Gasteiger partial charge in [0.05, 0.1) is 13.0 Å². The van der Waals surface area contributed by atoms with E-state index in [0.29, 0.717) is 0 Å². The van der Waals surface area contributed by atoms with Crippen LogP contribution < -0.4 is 5.32 Å². The summed E-state index contributed by atoms with van der Waals surface area (Å²) in [6, 6.07) is 0. The van der Waals surface area contributed by atoms with Crippen LogP contribution in [0.4, 0.5) is 0 Å². The molecule has 0 aromatic rings. The van der Waals surface area contributed by atoms with Crippen molar-refractivity contribution in [2.45, 2.75) is 38.5 Å². The molecule has 2 saturated carbocycles. The van der Waals surface area contributed by atoms with Crippen LogP contribution in [0.25, 0.3) is 0 Å². The molecule has 1 heterocycles. The summed E-state index contributed by atoms with van der Waals surface area (Å²) < 4.78 is 4.85. The summed E-state index contributed by atoms with van der Waals surface area (Å²) in [6.45, 7) is 2.84. The molecule has 22 heavy (non-hydrogen) atoms. The maximum atomic E-state index is 11.6. The Morgan fingerprint density at radius 2 is 1.77 bits per heavy atom. The summed E-state index contributed by atoms with van der Waals surface area (Å²) >= 11 is 0. The van der Waals surface area contributed by atoms with Gasteiger partial charge in [-0.1, -0.05) is 0 Å². The zero-order valence-electron chi connectivity index (χ0n) is 13.9. The zero-order chi connectivity index (χ0) is 15.5. The minimum Gasteiger partial charge on any atom is -0.469 e. The summed E-state index contributed by atoms with van der Waals surface area (Å²) in [6.07, 6.45) is 7.42. The molecule has 3 rings (SSSR count). The number of likely N-dealkylation sites (tertiary alicyclic amines) is 1. The van der Waals surface area contributed by atoms with Crippen molar-refractivity contribution in [3.05, 3.63) is 0 Å². The predicted molar refractivity (Wildman–Crippen MR) is 86.6 cm³/mol. The van der Waals surface area contributed by atoms with Crippen molar-refractivity contribution >= 4 is 11.9 Å². The number of piperidine rings is 1. The molecule has 0 spiro atoms. The topological polar surface area (TPSA) is 53.9 Å². The van der Waals surface area contributed by atoms with Crippen LogP contribution in [0, 0.1) is 23.7 Å². The van der Waals surface area contributed by atoms with Gasteiger partial charge in [0.1, 0.15) is 0 Å². The third-order valence-corrected chi connectivity index (χ3v) is 5.49. The molecule has 0 unspecified atom stereocenters. The Labute approximate surface area is 133 Å². The van der Waals surface area contributed by atoms with Crippen molar-refractivity contribution < 1.29 is 9.53 Å². The fourth-order valence-electron chi connectivity index (χ4n) is 3.80.